The predicted molar refractivity (Wildman–Crippen MR) is 89.7 cm³/mol. The third-order valence-corrected chi connectivity index (χ3v) is 4.55. The largest absolute Gasteiger partial charge is 0.463 e. The molecule has 6 heteroatoms. The van der Waals surface area contributed by atoms with Crippen molar-refractivity contribution >= 4 is 5.91 Å². The Morgan fingerprint density at radius 2 is 1.96 bits per heavy atom. The number of carbonyl (C=O) groups is 1. The van der Waals surface area contributed by atoms with Crippen LogP contribution in [0.25, 0.3) is 11.5 Å². The van der Waals surface area contributed by atoms with Gasteiger partial charge in [0, 0.05) is 6.54 Å². The minimum absolute atomic E-state index is 0.0301. The van der Waals surface area contributed by atoms with Crippen LogP contribution in [0.4, 0.5) is 0 Å². The van der Waals surface area contributed by atoms with Crippen molar-refractivity contribution in [1.82, 2.24) is 10.3 Å². The Labute approximate surface area is 139 Å². The molecule has 1 fully saturated rings. The van der Waals surface area contributed by atoms with Crippen LogP contribution in [0.3, 0.4) is 0 Å². The number of nitrogens with one attached hydrogen (secondary N) is 2. The van der Waals surface area contributed by atoms with E-state index in [9.17, 15) is 14.7 Å². The number of carbonyl (C=O) groups excluding carboxylic acids is 1. The first-order valence-corrected chi connectivity index (χ1v) is 8.35. The molecular formula is C18H22N2O4. The standard InChI is InChI=1S/C18H22N2O4/c21-16(19-12-18(23)9-3-1-2-4-10-18)13-7-8-14(20-17(13)22)15-6-5-11-24-15/h5-8,11,23H,1-4,9-10,12H2,(H,19,21)(H,20,22). The van der Waals surface area contributed by atoms with E-state index >= 15 is 0 Å². The van der Waals surface area contributed by atoms with Crippen molar-refractivity contribution < 1.29 is 14.3 Å². The van der Waals surface area contributed by atoms with E-state index < -0.39 is 17.1 Å². The lowest BCUT2D eigenvalue weighted by Gasteiger charge is -2.26. The predicted octanol–water partition coefficient (Wildman–Crippen LogP) is 2.45. The van der Waals surface area contributed by atoms with Gasteiger partial charge in [-0.25, -0.2) is 0 Å². The Morgan fingerprint density at radius 1 is 1.21 bits per heavy atom. The van der Waals surface area contributed by atoms with E-state index in [4.69, 9.17) is 4.42 Å². The number of aromatic amines is 1. The maximum atomic E-state index is 12.3. The Bertz CT molecular complexity index is 741. The number of aliphatic hydroxyl groups is 1. The van der Waals surface area contributed by atoms with Gasteiger partial charge in [0.1, 0.15) is 11.3 Å². The second-order valence-electron chi connectivity index (χ2n) is 6.41. The van der Waals surface area contributed by atoms with E-state index in [0.29, 0.717) is 24.3 Å². The normalized spacial score (nSPS) is 17.2. The molecule has 0 unspecified atom stereocenters. The highest BCUT2D eigenvalue weighted by atomic mass is 16.3. The summed E-state index contributed by atoms with van der Waals surface area (Å²) in [6, 6.07) is 6.56. The van der Waals surface area contributed by atoms with Crippen molar-refractivity contribution in [2.75, 3.05) is 6.54 Å². The van der Waals surface area contributed by atoms with Crippen molar-refractivity contribution in [2.45, 2.75) is 44.1 Å². The van der Waals surface area contributed by atoms with Crippen LogP contribution in [0.1, 0.15) is 48.9 Å². The van der Waals surface area contributed by atoms with Crippen LogP contribution in [0.15, 0.2) is 39.7 Å². The topological polar surface area (TPSA) is 95.3 Å². The SMILES string of the molecule is O=C(NCC1(O)CCCCCC1)c1ccc(-c2ccco2)[nH]c1=O. The smallest absolute Gasteiger partial charge is 0.261 e. The molecule has 0 aliphatic heterocycles. The monoisotopic (exact) mass is 330 g/mol. The van der Waals surface area contributed by atoms with Gasteiger partial charge in [0.15, 0.2) is 0 Å². The Balaban J connectivity index is 1.68. The molecule has 2 heterocycles. The summed E-state index contributed by atoms with van der Waals surface area (Å²) in [5, 5.41) is 13.3. The van der Waals surface area contributed by atoms with E-state index in [0.717, 1.165) is 25.7 Å². The fourth-order valence-corrected chi connectivity index (χ4v) is 3.13. The molecule has 0 atom stereocenters. The van der Waals surface area contributed by atoms with Crippen LogP contribution in [-0.4, -0.2) is 28.1 Å². The van der Waals surface area contributed by atoms with Crippen molar-refractivity contribution in [3.8, 4) is 11.5 Å². The van der Waals surface area contributed by atoms with E-state index in [-0.39, 0.29) is 12.1 Å². The molecule has 0 saturated heterocycles. The molecule has 1 saturated carbocycles. The first kappa shape index (κ1) is 16.5. The molecule has 3 rings (SSSR count). The molecule has 3 N–H and O–H groups in total. The molecule has 0 radical (unpaired) electrons. The summed E-state index contributed by atoms with van der Waals surface area (Å²) in [5.74, 6) is 0.0618. The van der Waals surface area contributed by atoms with E-state index in [1.807, 2.05) is 0 Å². The molecule has 1 amide bonds. The van der Waals surface area contributed by atoms with Crippen molar-refractivity contribution in [2.24, 2.45) is 0 Å². The van der Waals surface area contributed by atoms with Crippen molar-refractivity contribution in [3.63, 3.8) is 0 Å². The first-order valence-electron chi connectivity index (χ1n) is 8.35. The van der Waals surface area contributed by atoms with Gasteiger partial charge in [0.05, 0.1) is 17.6 Å². The summed E-state index contributed by atoms with van der Waals surface area (Å²) in [7, 11) is 0. The third kappa shape index (κ3) is 3.76. The van der Waals surface area contributed by atoms with E-state index in [1.165, 1.54) is 12.3 Å². The van der Waals surface area contributed by atoms with Crippen LogP contribution in [-0.2, 0) is 0 Å². The highest BCUT2D eigenvalue weighted by molar-refractivity contribution is 5.94. The van der Waals surface area contributed by atoms with Crippen LogP contribution >= 0.6 is 0 Å². The number of hydrogen-bond acceptors (Lipinski definition) is 4. The number of H-pyrrole nitrogens is 1. The average Bonchev–Trinajstić information content (AvgIpc) is 3.02. The Morgan fingerprint density at radius 3 is 2.58 bits per heavy atom. The zero-order valence-electron chi connectivity index (χ0n) is 13.5. The summed E-state index contributed by atoms with van der Waals surface area (Å²) in [5.41, 5.74) is -0.798. The van der Waals surface area contributed by atoms with Crippen molar-refractivity contribution in [1.29, 1.82) is 0 Å². The lowest BCUT2D eigenvalue weighted by molar-refractivity contribution is 0.0246. The lowest BCUT2D eigenvalue weighted by Crippen LogP contribution is -2.43. The first-order chi connectivity index (χ1) is 11.6. The van der Waals surface area contributed by atoms with Gasteiger partial charge in [-0.1, -0.05) is 25.7 Å². The fourth-order valence-electron chi connectivity index (χ4n) is 3.13. The minimum atomic E-state index is -0.868. The van der Waals surface area contributed by atoms with Gasteiger partial charge in [-0.15, -0.1) is 0 Å². The number of aromatic nitrogens is 1. The Kier molecular flexibility index (Phi) is 4.85. The molecule has 0 bridgehead atoms. The molecule has 2 aromatic rings. The lowest BCUT2D eigenvalue weighted by atomic mass is 9.94. The van der Waals surface area contributed by atoms with Gasteiger partial charge in [-0.3, -0.25) is 9.59 Å². The molecule has 1 aliphatic carbocycles. The number of pyridine rings is 1. The van der Waals surface area contributed by atoms with Crippen LogP contribution < -0.4 is 10.9 Å². The fraction of sp³-hybridized carbons (Fsp3) is 0.444. The van der Waals surface area contributed by atoms with Crippen LogP contribution in [0.2, 0.25) is 0 Å². The summed E-state index contributed by atoms with van der Waals surface area (Å²) in [6.07, 6.45) is 7.04. The summed E-state index contributed by atoms with van der Waals surface area (Å²) in [4.78, 5) is 27.1. The summed E-state index contributed by atoms with van der Waals surface area (Å²) in [6.45, 7) is 0.172. The zero-order valence-corrected chi connectivity index (χ0v) is 13.5. The molecule has 24 heavy (non-hydrogen) atoms. The van der Waals surface area contributed by atoms with Crippen molar-refractivity contribution in [3.05, 3.63) is 46.4 Å². The number of amides is 1. The average molecular weight is 330 g/mol. The molecule has 128 valence electrons. The molecular weight excluding hydrogens is 308 g/mol. The molecule has 6 nitrogen and oxygen atoms in total. The molecule has 1 aliphatic rings. The summed E-state index contributed by atoms with van der Waals surface area (Å²) >= 11 is 0. The van der Waals surface area contributed by atoms with E-state index in [2.05, 4.69) is 10.3 Å². The number of hydrogen-bond donors (Lipinski definition) is 3. The second-order valence-corrected chi connectivity index (χ2v) is 6.41. The van der Waals surface area contributed by atoms with Crippen LogP contribution in [0.5, 0.6) is 0 Å². The van der Waals surface area contributed by atoms with Gasteiger partial charge in [0.25, 0.3) is 11.5 Å². The van der Waals surface area contributed by atoms with Gasteiger partial charge >= 0.3 is 0 Å². The highest BCUT2D eigenvalue weighted by Gasteiger charge is 2.28. The van der Waals surface area contributed by atoms with Gasteiger partial charge in [-0.2, -0.15) is 0 Å². The molecule has 0 aromatic carbocycles. The zero-order chi connectivity index (χ0) is 17.0. The second kappa shape index (κ2) is 7.05. The molecule has 2 aromatic heterocycles. The highest BCUT2D eigenvalue weighted by Crippen LogP contribution is 2.26. The van der Waals surface area contributed by atoms with Crippen LogP contribution in [0, 0.1) is 0 Å². The number of furan rings is 1. The third-order valence-electron chi connectivity index (χ3n) is 4.55. The quantitative estimate of drug-likeness (QED) is 0.750. The maximum absolute atomic E-state index is 12.3. The number of rotatable bonds is 4. The Hall–Kier alpha value is -2.34. The molecule has 0 spiro atoms. The van der Waals surface area contributed by atoms with Gasteiger partial charge < -0.3 is 19.8 Å². The van der Waals surface area contributed by atoms with Gasteiger partial charge in [-0.05, 0) is 37.1 Å². The minimum Gasteiger partial charge on any atom is -0.463 e. The summed E-state index contributed by atoms with van der Waals surface area (Å²) < 4.78 is 5.22. The van der Waals surface area contributed by atoms with Gasteiger partial charge in [0.2, 0.25) is 0 Å². The maximum Gasteiger partial charge on any atom is 0.261 e. The van der Waals surface area contributed by atoms with E-state index in [1.54, 1.807) is 18.2 Å².